The zero-order chi connectivity index (χ0) is 23.2. The van der Waals surface area contributed by atoms with E-state index in [1.54, 1.807) is 22.9 Å². The van der Waals surface area contributed by atoms with E-state index in [0.29, 0.717) is 35.9 Å². The topological polar surface area (TPSA) is 63.4 Å². The predicted octanol–water partition coefficient (Wildman–Crippen LogP) is 3.66. The summed E-state index contributed by atoms with van der Waals surface area (Å²) in [5, 5.41) is 4.64. The SMILES string of the molecule is O=S(=O)(c1cccc(F)c1)N1CCN(Cn2nc(-c3ccccc3F)n(C3CC3)c2=S)CC1. The molecule has 1 saturated heterocycles. The van der Waals surface area contributed by atoms with Crippen LogP contribution in [0.5, 0.6) is 0 Å². The highest BCUT2D eigenvalue weighted by Gasteiger charge is 2.32. The molecule has 0 spiro atoms. The lowest BCUT2D eigenvalue weighted by atomic mass is 10.2. The number of rotatable bonds is 6. The molecule has 5 rings (SSSR count). The van der Waals surface area contributed by atoms with Crippen LogP contribution in [-0.4, -0.2) is 58.1 Å². The smallest absolute Gasteiger partial charge is 0.243 e. The number of hydrogen-bond donors (Lipinski definition) is 0. The lowest BCUT2D eigenvalue weighted by molar-refractivity contribution is 0.144. The number of aromatic nitrogens is 3. The van der Waals surface area contributed by atoms with Crippen molar-refractivity contribution in [3.8, 4) is 11.4 Å². The molecule has 174 valence electrons. The van der Waals surface area contributed by atoms with Gasteiger partial charge in [0.15, 0.2) is 10.6 Å². The Labute approximate surface area is 195 Å². The van der Waals surface area contributed by atoms with Crippen LogP contribution in [0, 0.1) is 16.4 Å². The number of benzene rings is 2. The van der Waals surface area contributed by atoms with Crippen LogP contribution in [0.25, 0.3) is 11.4 Å². The molecule has 0 N–H and O–H groups in total. The standard InChI is InChI=1S/C22H23F2N5O2S2/c23-16-4-3-5-18(14-16)33(30,31)27-12-10-26(11-13-27)15-28-22(32)29(17-8-9-17)21(25-28)19-6-1-2-7-20(19)24/h1-7,14,17H,8-13,15H2. The van der Waals surface area contributed by atoms with Gasteiger partial charge in [0, 0.05) is 32.2 Å². The van der Waals surface area contributed by atoms with E-state index in [9.17, 15) is 17.2 Å². The molecule has 33 heavy (non-hydrogen) atoms. The molecule has 0 unspecified atom stereocenters. The fourth-order valence-electron chi connectivity index (χ4n) is 4.08. The van der Waals surface area contributed by atoms with E-state index in [2.05, 4.69) is 10.00 Å². The maximum absolute atomic E-state index is 14.5. The number of sulfonamides is 1. The molecule has 0 amide bonds. The molecule has 2 heterocycles. The van der Waals surface area contributed by atoms with Crippen LogP contribution in [0.2, 0.25) is 0 Å². The number of piperazine rings is 1. The molecule has 0 radical (unpaired) electrons. The summed E-state index contributed by atoms with van der Waals surface area (Å²) in [5.41, 5.74) is 0.417. The Morgan fingerprint density at radius 2 is 1.73 bits per heavy atom. The molecule has 3 aromatic rings. The van der Waals surface area contributed by atoms with Crippen molar-refractivity contribution in [1.29, 1.82) is 0 Å². The van der Waals surface area contributed by atoms with Gasteiger partial charge in [0.1, 0.15) is 11.6 Å². The van der Waals surface area contributed by atoms with Gasteiger partial charge < -0.3 is 0 Å². The molecule has 2 fully saturated rings. The van der Waals surface area contributed by atoms with Gasteiger partial charge >= 0.3 is 0 Å². The fourth-order valence-corrected chi connectivity index (χ4v) is 5.87. The molecule has 1 saturated carbocycles. The average Bonchev–Trinajstić information content (AvgIpc) is 3.59. The minimum absolute atomic E-state index is 0.0455. The number of halogens is 2. The van der Waals surface area contributed by atoms with Crippen molar-refractivity contribution in [3.63, 3.8) is 0 Å². The third-order valence-electron chi connectivity index (χ3n) is 6.00. The number of nitrogens with zero attached hydrogens (tertiary/aromatic N) is 5. The van der Waals surface area contributed by atoms with Crippen LogP contribution in [0.4, 0.5) is 8.78 Å². The molecular formula is C22H23F2N5O2S2. The molecule has 11 heteroatoms. The molecule has 1 aromatic heterocycles. The van der Waals surface area contributed by atoms with E-state index >= 15 is 0 Å². The largest absolute Gasteiger partial charge is 0.297 e. The van der Waals surface area contributed by atoms with Gasteiger partial charge in [-0.05, 0) is 55.4 Å². The molecule has 2 aromatic carbocycles. The summed E-state index contributed by atoms with van der Waals surface area (Å²) in [7, 11) is -3.76. The Kier molecular flexibility index (Phi) is 5.89. The van der Waals surface area contributed by atoms with Gasteiger partial charge in [0.05, 0.1) is 17.1 Å². The average molecular weight is 492 g/mol. The second-order valence-electron chi connectivity index (χ2n) is 8.31. The molecular weight excluding hydrogens is 468 g/mol. The summed E-state index contributed by atoms with van der Waals surface area (Å²) < 4.78 is 59.2. The van der Waals surface area contributed by atoms with Crippen molar-refractivity contribution >= 4 is 22.2 Å². The Bertz CT molecular complexity index is 1340. The van der Waals surface area contributed by atoms with Gasteiger partial charge in [0.25, 0.3) is 0 Å². The van der Waals surface area contributed by atoms with E-state index in [1.165, 1.54) is 28.6 Å². The molecule has 0 bridgehead atoms. The minimum Gasteiger partial charge on any atom is -0.297 e. The molecule has 7 nitrogen and oxygen atoms in total. The minimum atomic E-state index is -3.76. The van der Waals surface area contributed by atoms with Crippen LogP contribution < -0.4 is 0 Å². The van der Waals surface area contributed by atoms with Crippen LogP contribution in [0.15, 0.2) is 53.4 Å². The Morgan fingerprint density at radius 3 is 2.39 bits per heavy atom. The zero-order valence-electron chi connectivity index (χ0n) is 17.8. The highest BCUT2D eigenvalue weighted by atomic mass is 32.2. The third-order valence-corrected chi connectivity index (χ3v) is 8.30. The van der Waals surface area contributed by atoms with Crippen molar-refractivity contribution < 1.29 is 17.2 Å². The van der Waals surface area contributed by atoms with Gasteiger partial charge in [-0.3, -0.25) is 9.47 Å². The van der Waals surface area contributed by atoms with E-state index in [4.69, 9.17) is 12.2 Å². The monoisotopic (exact) mass is 491 g/mol. The first kappa shape index (κ1) is 22.3. The van der Waals surface area contributed by atoms with Crippen molar-refractivity contribution in [1.82, 2.24) is 23.6 Å². The van der Waals surface area contributed by atoms with Gasteiger partial charge in [-0.25, -0.2) is 21.9 Å². The molecule has 1 aliphatic heterocycles. The van der Waals surface area contributed by atoms with Crippen LogP contribution in [0.1, 0.15) is 18.9 Å². The Balaban J connectivity index is 1.33. The second kappa shape index (κ2) is 8.71. The second-order valence-corrected chi connectivity index (χ2v) is 10.6. The van der Waals surface area contributed by atoms with Gasteiger partial charge in [0.2, 0.25) is 10.0 Å². The maximum atomic E-state index is 14.5. The Morgan fingerprint density at radius 1 is 1.00 bits per heavy atom. The van der Waals surface area contributed by atoms with E-state index in [0.717, 1.165) is 18.9 Å². The van der Waals surface area contributed by atoms with Crippen molar-refractivity contribution in [2.24, 2.45) is 0 Å². The summed E-state index contributed by atoms with van der Waals surface area (Å²) in [5.74, 6) is -0.406. The highest BCUT2D eigenvalue weighted by Crippen LogP contribution is 2.39. The lowest BCUT2D eigenvalue weighted by Crippen LogP contribution is -2.48. The van der Waals surface area contributed by atoms with Gasteiger partial charge in [-0.1, -0.05) is 18.2 Å². The quantitative estimate of drug-likeness (QED) is 0.493. The summed E-state index contributed by atoms with van der Waals surface area (Å²) in [6.45, 7) is 1.88. The first-order valence-corrected chi connectivity index (χ1v) is 12.6. The third kappa shape index (κ3) is 4.37. The zero-order valence-corrected chi connectivity index (χ0v) is 19.4. The lowest BCUT2D eigenvalue weighted by Gasteiger charge is -2.33. The van der Waals surface area contributed by atoms with Crippen molar-refractivity contribution in [3.05, 3.63) is 64.9 Å². The van der Waals surface area contributed by atoms with E-state index in [-0.39, 0.29) is 29.8 Å². The van der Waals surface area contributed by atoms with Crippen LogP contribution >= 0.6 is 12.2 Å². The van der Waals surface area contributed by atoms with E-state index < -0.39 is 15.8 Å². The summed E-state index contributed by atoms with van der Waals surface area (Å²) in [4.78, 5) is 2.01. The summed E-state index contributed by atoms with van der Waals surface area (Å²) in [6.07, 6.45) is 1.97. The fraction of sp³-hybridized carbons (Fsp3) is 0.364. The first-order chi connectivity index (χ1) is 15.8. The predicted molar refractivity (Wildman–Crippen MR) is 121 cm³/mol. The van der Waals surface area contributed by atoms with Crippen molar-refractivity contribution in [2.75, 3.05) is 26.2 Å². The van der Waals surface area contributed by atoms with Gasteiger partial charge in [-0.15, -0.1) is 0 Å². The van der Waals surface area contributed by atoms with Crippen molar-refractivity contribution in [2.45, 2.75) is 30.4 Å². The summed E-state index contributed by atoms with van der Waals surface area (Å²) in [6, 6.07) is 11.8. The Hall–Kier alpha value is -2.47. The molecule has 1 aliphatic carbocycles. The normalized spacial score (nSPS) is 18.0. The highest BCUT2D eigenvalue weighted by molar-refractivity contribution is 7.89. The van der Waals surface area contributed by atoms with Crippen LogP contribution in [0.3, 0.4) is 0 Å². The number of hydrogen-bond acceptors (Lipinski definition) is 5. The first-order valence-electron chi connectivity index (χ1n) is 10.8. The van der Waals surface area contributed by atoms with E-state index in [1.807, 2.05) is 4.57 Å². The summed E-state index contributed by atoms with van der Waals surface area (Å²) >= 11 is 5.67. The molecule has 0 atom stereocenters. The van der Waals surface area contributed by atoms with Crippen LogP contribution in [-0.2, 0) is 16.7 Å². The maximum Gasteiger partial charge on any atom is 0.243 e. The molecule has 2 aliphatic rings. The van der Waals surface area contributed by atoms with Gasteiger partial charge in [-0.2, -0.15) is 9.40 Å².